The second-order valence-corrected chi connectivity index (χ2v) is 8.38. The molecule has 7 heteroatoms. The molecule has 4 aromatic rings. The minimum Gasteiger partial charge on any atom is -0.368 e. The Hall–Kier alpha value is -3.29. The second kappa shape index (κ2) is 9.46. The molecule has 5 rings (SSSR count). The van der Waals surface area contributed by atoms with Gasteiger partial charge in [0, 0.05) is 32.7 Å². The van der Waals surface area contributed by atoms with Crippen molar-refractivity contribution in [3.05, 3.63) is 84.4 Å². The molecular formula is C25H30N7+. The van der Waals surface area contributed by atoms with Crippen LogP contribution >= 0.6 is 0 Å². The molecule has 1 aliphatic heterocycles. The number of nitrogens with one attached hydrogen (secondary N) is 1. The topological polar surface area (TPSA) is 78.0 Å². The van der Waals surface area contributed by atoms with Crippen molar-refractivity contribution in [3.8, 4) is 0 Å². The summed E-state index contributed by atoms with van der Waals surface area (Å²) in [4.78, 5) is 16.9. The molecule has 0 bridgehead atoms. The van der Waals surface area contributed by atoms with Crippen LogP contribution in [0.25, 0.3) is 11.2 Å². The highest BCUT2D eigenvalue weighted by atomic mass is 15.3. The molecule has 7 nitrogen and oxygen atoms in total. The minimum atomic E-state index is 0.309. The Morgan fingerprint density at radius 1 is 0.906 bits per heavy atom. The molecule has 2 aromatic heterocycles. The lowest BCUT2D eigenvalue weighted by molar-refractivity contribution is -0.676. The van der Waals surface area contributed by atoms with Gasteiger partial charge in [-0.3, -0.25) is 4.90 Å². The maximum Gasteiger partial charge on any atom is 0.293 e. The van der Waals surface area contributed by atoms with Crippen molar-refractivity contribution in [1.82, 2.24) is 24.8 Å². The highest BCUT2D eigenvalue weighted by Crippen LogP contribution is 2.29. The number of aromatic amines is 1. The fourth-order valence-corrected chi connectivity index (χ4v) is 4.70. The molecule has 2 aromatic carbocycles. The summed E-state index contributed by atoms with van der Waals surface area (Å²) in [5, 5.41) is 0. The van der Waals surface area contributed by atoms with Gasteiger partial charge < -0.3 is 15.6 Å². The van der Waals surface area contributed by atoms with E-state index in [4.69, 9.17) is 5.73 Å². The zero-order valence-electron chi connectivity index (χ0n) is 18.3. The number of hydrogen-bond acceptors (Lipinski definition) is 5. The van der Waals surface area contributed by atoms with Gasteiger partial charge in [-0.25, -0.2) is 4.57 Å². The molecule has 164 valence electrons. The average molecular weight is 429 g/mol. The lowest BCUT2D eigenvalue weighted by Crippen LogP contribution is -2.48. The lowest BCUT2D eigenvalue weighted by atomic mass is 9.96. The van der Waals surface area contributed by atoms with Crippen LogP contribution in [-0.4, -0.2) is 57.5 Å². The number of imidazole rings is 1. The van der Waals surface area contributed by atoms with Crippen molar-refractivity contribution in [3.63, 3.8) is 0 Å². The van der Waals surface area contributed by atoms with Gasteiger partial charge in [0.05, 0.1) is 12.6 Å². The van der Waals surface area contributed by atoms with E-state index in [-0.39, 0.29) is 0 Å². The molecular weight excluding hydrogens is 398 g/mol. The second-order valence-electron chi connectivity index (χ2n) is 8.38. The fraction of sp³-hybridized carbons (Fsp3) is 0.320. The normalized spacial score (nSPS) is 15.5. The van der Waals surface area contributed by atoms with E-state index in [0.29, 0.717) is 11.9 Å². The average Bonchev–Trinajstić information content (AvgIpc) is 3.34. The number of aromatic nitrogens is 4. The number of piperazine rings is 1. The summed E-state index contributed by atoms with van der Waals surface area (Å²) >= 11 is 0. The van der Waals surface area contributed by atoms with Crippen LogP contribution in [0.3, 0.4) is 0 Å². The van der Waals surface area contributed by atoms with Crippen LogP contribution in [-0.2, 0) is 6.54 Å². The first-order chi connectivity index (χ1) is 15.8. The van der Waals surface area contributed by atoms with Gasteiger partial charge in [-0.1, -0.05) is 70.6 Å². The predicted molar refractivity (Wildman–Crippen MR) is 126 cm³/mol. The molecule has 1 saturated heterocycles. The van der Waals surface area contributed by atoms with Crippen molar-refractivity contribution in [2.45, 2.75) is 19.0 Å². The van der Waals surface area contributed by atoms with E-state index >= 15 is 0 Å². The molecule has 0 unspecified atom stereocenters. The SMILES string of the molecule is Nc1nc[n+](CCCN2CCN(C(c3ccccc3)c3ccccc3)CC2)c2nc[nH]c12. The van der Waals surface area contributed by atoms with Gasteiger partial charge in [0.15, 0.2) is 11.8 Å². The molecule has 0 spiro atoms. The monoisotopic (exact) mass is 428 g/mol. The molecule has 3 N–H and O–H groups in total. The number of rotatable bonds is 7. The zero-order chi connectivity index (χ0) is 21.8. The summed E-state index contributed by atoms with van der Waals surface area (Å²) < 4.78 is 2.08. The van der Waals surface area contributed by atoms with E-state index in [0.717, 1.165) is 56.9 Å². The van der Waals surface area contributed by atoms with Gasteiger partial charge in [0.25, 0.3) is 5.65 Å². The van der Waals surface area contributed by atoms with Crippen LogP contribution < -0.4 is 10.3 Å². The summed E-state index contributed by atoms with van der Waals surface area (Å²) in [5.41, 5.74) is 10.3. The van der Waals surface area contributed by atoms with E-state index in [9.17, 15) is 0 Å². The van der Waals surface area contributed by atoms with Crippen LogP contribution in [0.4, 0.5) is 5.82 Å². The Labute approximate surface area is 188 Å². The third-order valence-electron chi connectivity index (χ3n) is 6.36. The van der Waals surface area contributed by atoms with Crippen molar-refractivity contribution in [1.29, 1.82) is 0 Å². The highest BCUT2D eigenvalue weighted by molar-refractivity contribution is 5.78. The quantitative estimate of drug-likeness (QED) is 0.443. The molecule has 32 heavy (non-hydrogen) atoms. The van der Waals surface area contributed by atoms with Gasteiger partial charge in [-0.05, 0) is 17.5 Å². The Morgan fingerprint density at radius 3 is 2.22 bits per heavy atom. The maximum absolute atomic E-state index is 5.93. The number of nitrogens with two attached hydrogens (primary N) is 1. The smallest absolute Gasteiger partial charge is 0.293 e. The molecule has 3 heterocycles. The van der Waals surface area contributed by atoms with Crippen LogP contribution in [0.5, 0.6) is 0 Å². The molecule has 0 radical (unpaired) electrons. The Morgan fingerprint density at radius 2 is 1.56 bits per heavy atom. The van der Waals surface area contributed by atoms with Gasteiger partial charge in [0.1, 0.15) is 0 Å². The minimum absolute atomic E-state index is 0.309. The molecule has 1 aliphatic rings. The molecule has 0 atom stereocenters. The van der Waals surface area contributed by atoms with Crippen molar-refractivity contribution < 1.29 is 4.57 Å². The van der Waals surface area contributed by atoms with Crippen molar-refractivity contribution in [2.24, 2.45) is 0 Å². The first kappa shape index (κ1) is 20.6. The summed E-state index contributed by atoms with van der Waals surface area (Å²) in [6.07, 6.45) is 4.52. The Balaban J connectivity index is 1.19. The largest absolute Gasteiger partial charge is 0.368 e. The van der Waals surface area contributed by atoms with E-state index in [1.54, 1.807) is 12.7 Å². The van der Waals surface area contributed by atoms with Crippen molar-refractivity contribution >= 4 is 17.0 Å². The summed E-state index contributed by atoms with van der Waals surface area (Å²) in [5.74, 6) is 0.497. The number of aryl methyl sites for hydroxylation is 1. The fourth-order valence-electron chi connectivity index (χ4n) is 4.70. The van der Waals surface area contributed by atoms with Crippen LogP contribution in [0.1, 0.15) is 23.6 Å². The third-order valence-corrected chi connectivity index (χ3v) is 6.36. The number of H-pyrrole nitrogens is 1. The number of anilines is 1. The van der Waals surface area contributed by atoms with E-state index < -0.39 is 0 Å². The van der Waals surface area contributed by atoms with Gasteiger partial charge in [-0.15, -0.1) is 0 Å². The standard InChI is InChI=1S/C25H29N7/c26-24-22-25(28-18-27-22)32(19-29-24)13-7-12-30-14-16-31(17-15-30)23(20-8-3-1-4-9-20)21-10-5-2-6-11-21/h1-6,8-11,18-19,23H,7,12-17H2,(H2,26,27,28)/p+1. The Kier molecular flexibility index (Phi) is 6.09. The third kappa shape index (κ3) is 4.35. The van der Waals surface area contributed by atoms with Gasteiger partial charge in [-0.2, -0.15) is 0 Å². The number of benzene rings is 2. The van der Waals surface area contributed by atoms with Gasteiger partial charge >= 0.3 is 0 Å². The van der Waals surface area contributed by atoms with Crippen molar-refractivity contribution in [2.75, 3.05) is 38.5 Å². The predicted octanol–water partition coefficient (Wildman–Crippen LogP) is 2.62. The van der Waals surface area contributed by atoms with E-state index in [2.05, 4.69) is 90.0 Å². The number of hydrogen-bond donors (Lipinski definition) is 2. The van der Waals surface area contributed by atoms with Crippen LogP contribution in [0.2, 0.25) is 0 Å². The molecule has 1 fully saturated rings. The Bertz CT molecular complexity index is 1100. The van der Waals surface area contributed by atoms with Gasteiger partial charge in [0.2, 0.25) is 12.1 Å². The van der Waals surface area contributed by atoms with Crippen LogP contribution in [0.15, 0.2) is 73.3 Å². The number of fused-ring (bicyclic) bond motifs is 1. The van der Waals surface area contributed by atoms with E-state index in [1.807, 2.05) is 0 Å². The number of nitrogens with zero attached hydrogens (tertiary/aromatic N) is 5. The maximum atomic E-state index is 5.93. The zero-order valence-corrected chi connectivity index (χ0v) is 18.3. The molecule has 0 amide bonds. The summed E-state index contributed by atoms with van der Waals surface area (Å²) in [6.45, 7) is 6.24. The lowest BCUT2D eigenvalue weighted by Gasteiger charge is -2.39. The van der Waals surface area contributed by atoms with Crippen LogP contribution in [0, 0.1) is 0 Å². The first-order valence-electron chi connectivity index (χ1n) is 11.3. The summed E-state index contributed by atoms with van der Waals surface area (Å²) in [7, 11) is 0. The first-order valence-corrected chi connectivity index (χ1v) is 11.3. The highest BCUT2D eigenvalue weighted by Gasteiger charge is 2.26. The molecule has 0 saturated carbocycles. The summed E-state index contributed by atoms with van der Waals surface area (Å²) in [6, 6.07) is 22.0. The van der Waals surface area contributed by atoms with E-state index in [1.165, 1.54) is 11.1 Å². The molecule has 0 aliphatic carbocycles. The number of nitrogen functional groups attached to an aromatic ring is 1.